The maximum absolute atomic E-state index is 12.9. The fourth-order valence-corrected chi connectivity index (χ4v) is 2.86. The zero-order valence-electron chi connectivity index (χ0n) is 17.0. The zero-order valence-corrected chi connectivity index (χ0v) is 17.0. The number of hydrogen-bond donors (Lipinski definition) is 5. The number of guanidine groups is 1. The van der Waals surface area contributed by atoms with Crippen LogP contribution in [-0.2, 0) is 16.0 Å². The van der Waals surface area contributed by atoms with Crippen LogP contribution in [0.15, 0.2) is 59.9 Å². The van der Waals surface area contributed by atoms with Crippen LogP contribution in [-0.4, -0.2) is 47.3 Å². The molecule has 0 bridgehead atoms. The summed E-state index contributed by atoms with van der Waals surface area (Å²) in [5, 5.41) is 5.33. The number of carbonyl (C=O) groups is 3. The van der Waals surface area contributed by atoms with Gasteiger partial charge in [-0.25, -0.2) is 0 Å². The molecule has 0 unspecified atom stereocenters. The van der Waals surface area contributed by atoms with E-state index < -0.39 is 29.8 Å². The Labute approximate surface area is 180 Å². The molecule has 0 aliphatic heterocycles. The molecule has 1 heterocycles. The molecule has 2 rings (SSSR count). The van der Waals surface area contributed by atoms with Crippen LogP contribution >= 0.6 is 0 Å². The van der Waals surface area contributed by atoms with Gasteiger partial charge in [0.1, 0.15) is 12.1 Å². The van der Waals surface area contributed by atoms with E-state index in [0.29, 0.717) is 18.5 Å². The molecule has 10 nitrogen and oxygen atoms in total. The molecule has 2 atom stereocenters. The summed E-state index contributed by atoms with van der Waals surface area (Å²) >= 11 is 0. The number of amides is 3. The normalized spacial score (nSPS) is 12.3. The van der Waals surface area contributed by atoms with Gasteiger partial charge in [0, 0.05) is 30.9 Å². The minimum absolute atomic E-state index is 0.0570. The van der Waals surface area contributed by atoms with Gasteiger partial charge in [-0.2, -0.15) is 0 Å². The van der Waals surface area contributed by atoms with Crippen LogP contribution < -0.4 is 27.8 Å². The van der Waals surface area contributed by atoms with Crippen LogP contribution in [0.3, 0.4) is 0 Å². The molecule has 0 spiro atoms. The number of rotatable bonds is 11. The number of nitrogens with one attached hydrogen (secondary N) is 2. The third kappa shape index (κ3) is 8.13. The number of carbonyl (C=O) groups excluding carboxylic acids is 3. The van der Waals surface area contributed by atoms with Gasteiger partial charge < -0.3 is 27.8 Å². The van der Waals surface area contributed by atoms with E-state index in [-0.39, 0.29) is 18.8 Å². The minimum Gasteiger partial charge on any atom is -0.370 e. The predicted molar refractivity (Wildman–Crippen MR) is 117 cm³/mol. The van der Waals surface area contributed by atoms with Crippen LogP contribution in [0.5, 0.6) is 0 Å². The molecule has 3 amide bonds. The highest BCUT2D eigenvalue weighted by molar-refractivity contribution is 5.98. The Bertz CT molecular complexity index is 900. The Hall–Kier alpha value is -3.95. The highest BCUT2D eigenvalue weighted by atomic mass is 16.2. The molecule has 0 aliphatic carbocycles. The van der Waals surface area contributed by atoms with Gasteiger partial charge in [-0.1, -0.05) is 30.3 Å². The van der Waals surface area contributed by atoms with Crippen molar-refractivity contribution < 1.29 is 14.4 Å². The van der Waals surface area contributed by atoms with Gasteiger partial charge in [0.25, 0.3) is 5.91 Å². The molecule has 31 heavy (non-hydrogen) atoms. The van der Waals surface area contributed by atoms with Crippen molar-refractivity contribution in [1.82, 2.24) is 15.6 Å². The lowest BCUT2D eigenvalue weighted by atomic mass is 10.0. The van der Waals surface area contributed by atoms with Crippen molar-refractivity contribution in [2.75, 3.05) is 6.54 Å². The lowest BCUT2D eigenvalue weighted by Gasteiger charge is -2.22. The number of nitrogens with zero attached hydrogens (tertiary/aromatic N) is 2. The Balaban J connectivity index is 2.09. The average Bonchev–Trinajstić information content (AvgIpc) is 2.76. The molecule has 0 radical (unpaired) electrons. The summed E-state index contributed by atoms with van der Waals surface area (Å²) in [6.45, 7) is 0.292. The summed E-state index contributed by atoms with van der Waals surface area (Å²) in [4.78, 5) is 45.1. The van der Waals surface area contributed by atoms with E-state index in [0.717, 1.165) is 5.56 Å². The largest absolute Gasteiger partial charge is 0.370 e. The standard InChI is InChI=1S/C21H27N7O3/c22-18(29)17(13-14-5-2-1-3-6-14)28-20(31)16(7-4-10-26-21(23)24)27-19(30)15-8-11-25-12-9-15/h1-3,5-6,8-9,11-12,16-17H,4,7,10,13H2,(H2,22,29)(H,27,30)(H,28,31)(H4,23,24,26)/t16-,17-/m0/s1. The van der Waals surface area contributed by atoms with Gasteiger partial charge in [0.05, 0.1) is 0 Å². The number of hydrogen-bond acceptors (Lipinski definition) is 5. The number of benzene rings is 1. The molecule has 0 aliphatic rings. The number of nitrogens with two attached hydrogens (primary N) is 3. The Kier molecular flexibility index (Phi) is 8.96. The van der Waals surface area contributed by atoms with Gasteiger partial charge in [-0.05, 0) is 30.5 Å². The monoisotopic (exact) mass is 425 g/mol. The molecular weight excluding hydrogens is 398 g/mol. The van der Waals surface area contributed by atoms with Crippen LogP contribution in [0.2, 0.25) is 0 Å². The number of primary amides is 1. The minimum atomic E-state index is -0.923. The van der Waals surface area contributed by atoms with Crippen LogP contribution in [0, 0.1) is 0 Å². The Morgan fingerprint density at radius 3 is 2.23 bits per heavy atom. The smallest absolute Gasteiger partial charge is 0.252 e. The first-order valence-corrected chi connectivity index (χ1v) is 9.76. The Morgan fingerprint density at radius 1 is 0.935 bits per heavy atom. The first-order valence-electron chi connectivity index (χ1n) is 9.76. The van der Waals surface area contributed by atoms with Gasteiger partial charge in [-0.3, -0.25) is 24.4 Å². The molecule has 164 valence electrons. The summed E-state index contributed by atoms with van der Waals surface area (Å²) in [5.74, 6) is -1.69. The van der Waals surface area contributed by atoms with Crippen LogP contribution in [0.25, 0.3) is 0 Å². The summed E-state index contributed by atoms with van der Waals surface area (Å²) < 4.78 is 0. The van der Waals surface area contributed by atoms with Crippen LogP contribution in [0.1, 0.15) is 28.8 Å². The number of aromatic nitrogens is 1. The fraction of sp³-hybridized carbons (Fsp3) is 0.286. The molecule has 2 aromatic rings. The lowest BCUT2D eigenvalue weighted by molar-refractivity contribution is -0.128. The predicted octanol–water partition coefficient (Wildman–Crippen LogP) is -0.554. The van der Waals surface area contributed by atoms with Crippen molar-refractivity contribution in [2.45, 2.75) is 31.3 Å². The SMILES string of the molecule is NC(=O)[C@H](Cc1ccccc1)NC(=O)[C@H](CCCN=C(N)N)NC(=O)c1ccncc1. The molecular formula is C21H27N7O3. The van der Waals surface area contributed by atoms with Crippen LogP contribution in [0.4, 0.5) is 0 Å². The van der Waals surface area contributed by atoms with Crippen molar-refractivity contribution in [2.24, 2.45) is 22.2 Å². The van der Waals surface area contributed by atoms with E-state index in [4.69, 9.17) is 17.2 Å². The zero-order chi connectivity index (χ0) is 22.6. The highest BCUT2D eigenvalue weighted by Crippen LogP contribution is 2.06. The van der Waals surface area contributed by atoms with Gasteiger partial charge >= 0.3 is 0 Å². The first kappa shape index (κ1) is 23.3. The first-order chi connectivity index (χ1) is 14.9. The summed E-state index contributed by atoms with van der Waals surface area (Å²) in [6.07, 6.45) is 3.89. The summed E-state index contributed by atoms with van der Waals surface area (Å²) in [5.41, 5.74) is 17.3. The van der Waals surface area contributed by atoms with Crippen molar-refractivity contribution in [3.05, 3.63) is 66.0 Å². The number of pyridine rings is 1. The van der Waals surface area contributed by atoms with Gasteiger partial charge in [0.2, 0.25) is 11.8 Å². The summed E-state index contributed by atoms with van der Waals surface area (Å²) in [6, 6.07) is 10.4. The molecule has 1 aromatic carbocycles. The van der Waals surface area contributed by atoms with Crippen molar-refractivity contribution >= 4 is 23.7 Å². The molecule has 8 N–H and O–H groups in total. The van der Waals surface area contributed by atoms with E-state index >= 15 is 0 Å². The van der Waals surface area contributed by atoms with Gasteiger partial charge in [-0.15, -0.1) is 0 Å². The second kappa shape index (κ2) is 11.9. The van der Waals surface area contributed by atoms with Crippen molar-refractivity contribution in [3.63, 3.8) is 0 Å². The van der Waals surface area contributed by atoms with E-state index in [1.54, 1.807) is 0 Å². The topological polar surface area (TPSA) is 179 Å². The highest BCUT2D eigenvalue weighted by Gasteiger charge is 2.26. The average molecular weight is 425 g/mol. The fourth-order valence-electron chi connectivity index (χ4n) is 2.86. The number of aliphatic imine (C=N–C) groups is 1. The molecule has 0 saturated carbocycles. The Morgan fingerprint density at radius 2 is 1.61 bits per heavy atom. The summed E-state index contributed by atoms with van der Waals surface area (Å²) in [7, 11) is 0. The molecule has 0 saturated heterocycles. The molecule has 1 aromatic heterocycles. The second-order valence-electron chi connectivity index (χ2n) is 6.86. The van der Waals surface area contributed by atoms with Crippen molar-refractivity contribution in [1.29, 1.82) is 0 Å². The lowest BCUT2D eigenvalue weighted by Crippen LogP contribution is -2.53. The third-order valence-electron chi connectivity index (χ3n) is 4.45. The molecule has 0 fully saturated rings. The maximum Gasteiger partial charge on any atom is 0.252 e. The van der Waals surface area contributed by atoms with E-state index in [1.807, 2.05) is 30.3 Å². The van der Waals surface area contributed by atoms with E-state index in [2.05, 4.69) is 20.6 Å². The quantitative estimate of drug-likeness (QED) is 0.183. The van der Waals surface area contributed by atoms with E-state index in [1.165, 1.54) is 24.5 Å². The van der Waals surface area contributed by atoms with Gasteiger partial charge in [0.15, 0.2) is 5.96 Å². The van der Waals surface area contributed by atoms with Crippen molar-refractivity contribution in [3.8, 4) is 0 Å². The van der Waals surface area contributed by atoms with E-state index in [9.17, 15) is 14.4 Å². The maximum atomic E-state index is 12.9. The molecule has 10 heteroatoms. The third-order valence-corrected chi connectivity index (χ3v) is 4.45. The second-order valence-corrected chi connectivity index (χ2v) is 6.86.